The molecule has 0 saturated heterocycles. The number of nitrogens with one attached hydrogen (secondary N) is 1. The summed E-state index contributed by atoms with van der Waals surface area (Å²) in [4.78, 5) is 11.0. The zero-order valence-electron chi connectivity index (χ0n) is 11.8. The van der Waals surface area contributed by atoms with E-state index in [2.05, 4.69) is 4.72 Å². The van der Waals surface area contributed by atoms with Crippen molar-refractivity contribution in [2.75, 3.05) is 7.11 Å². The quantitative estimate of drug-likeness (QED) is 0.760. The molecule has 0 unspecified atom stereocenters. The van der Waals surface area contributed by atoms with Crippen LogP contribution in [0.15, 0.2) is 23.1 Å². The molecule has 0 spiro atoms. The van der Waals surface area contributed by atoms with Crippen LogP contribution in [0.5, 0.6) is 5.75 Å². The highest BCUT2D eigenvalue weighted by atomic mass is 35.5. The number of sulfonamides is 1. The van der Waals surface area contributed by atoms with E-state index in [-0.39, 0.29) is 22.1 Å². The average Bonchev–Trinajstić information content (AvgIpc) is 2.43. The van der Waals surface area contributed by atoms with Gasteiger partial charge in [0.15, 0.2) is 0 Å². The molecule has 1 aromatic rings. The van der Waals surface area contributed by atoms with E-state index < -0.39 is 22.0 Å². The fourth-order valence-electron chi connectivity index (χ4n) is 1.70. The molecule has 0 bridgehead atoms. The third kappa shape index (κ3) is 4.87. The van der Waals surface area contributed by atoms with Crippen LogP contribution in [0.4, 0.5) is 0 Å². The molecule has 0 saturated carbocycles. The number of aliphatic carboxylic acids is 1. The van der Waals surface area contributed by atoms with E-state index in [1.54, 1.807) is 0 Å². The maximum atomic E-state index is 12.2. The average molecular weight is 336 g/mol. The van der Waals surface area contributed by atoms with Gasteiger partial charge in [-0.05, 0) is 18.6 Å². The van der Waals surface area contributed by atoms with Crippen LogP contribution in [0.3, 0.4) is 0 Å². The first kappa shape index (κ1) is 17.7. The van der Waals surface area contributed by atoms with Crippen molar-refractivity contribution in [3.8, 4) is 5.75 Å². The van der Waals surface area contributed by atoms with Crippen LogP contribution in [-0.4, -0.2) is 32.6 Å². The van der Waals surface area contributed by atoms with Gasteiger partial charge >= 0.3 is 5.97 Å². The number of carboxylic acids is 1. The molecule has 0 aliphatic carbocycles. The molecular weight excluding hydrogens is 318 g/mol. The maximum absolute atomic E-state index is 12.2. The molecule has 0 heterocycles. The zero-order chi connectivity index (χ0) is 16.0. The summed E-state index contributed by atoms with van der Waals surface area (Å²) in [7, 11) is -2.59. The molecule has 1 rings (SSSR count). The van der Waals surface area contributed by atoms with E-state index in [9.17, 15) is 13.2 Å². The van der Waals surface area contributed by atoms with Gasteiger partial charge in [-0.2, -0.15) is 4.72 Å². The second kappa shape index (κ2) is 7.63. The number of carboxylic acid groups (broad SMARTS) is 1. The van der Waals surface area contributed by atoms with Gasteiger partial charge in [-0.1, -0.05) is 31.4 Å². The lowest BCUT2D eigenvalue weighted by atomic mass is 10.1. The standard InChI is InChI=1S/C13H18ClNO5S/c1-3-4-5-11(13(16)17)15-21(18,19)9-6-7-10(14)12(8-9)20-2/h6-8,11,15H,3-5H2,1-2H3,(H,16,17)/t11-/m0/s1. The molecule has 0 aliphatic heterocycles. The Morgan fingerprint density at radius 2 is 2.14 bits per heavy atom. The highest BCUT2D eigenvalue weighted by Gasteiger charge is 2.25. The number of hydrogen-bond donors (Lipinski definition) is 2. The molecule has 0 radical (unpaired) electrons. The van der Waals surface area contributed by atoms with Gasteiger partial charge in [0.1, 0.15) is 11.8 Å². The van der Waals surface area contributed by atoms with Crippen molar-refractivity contribution < 1.29 is 23.1 Å². The van der Waals surface area contributed by atoms with Crippen LogP contribution < -0.4 is 9.46 Å². The van der Waals surface area contributed by atoms with Crippen LogP contribution in [0.2, 0.25) is 5.02 Å². The van der Waals surface area contributed by atoms with Gasteiger partial charge in [0, 0.05) is 6.07 Å². The molecule has 6 nitrogen and oxygen atoms in total. The second-order valence-electron chi connectivity index (χ2n) is 4.45. The summed E-state index contributed by atoms with van der Waals surface area (Å²) in [5.74, 6) is -0.993. The molecule has 2 N–H and O–H groups in total. The van der Waals surface area contributed by atoms with Crippen molar-refractivity contribution in [2.45, 2.75) is 37.1 Å². The molecule has 8 heteroatoms. The molecule has 0 aromatic heterocycles. The van der Waals surface area contributed by atoms with Crippen LogP contribution in [0.1, 0.15) is 26.2 Å². The number of methoxy groups -OCH3 is 1. The SMILES string of the molecule is CCCC[C@H](NS(=O)(=O)c1ccc(Cl)c(OC)c1)C(=O)O. The van der Waals surface area contributed by atoms with Crippen molar-refractivity contribution in [3.63, 3.8) is 0 Å². The number of unbranched alkanes of at least 4 members (excludes halogenated alkanes) is 1. The van der Waals surface area contributed by atoms with E-state index in [1.165, 1.54) is 25.3 Å². The monoisotopic (exact) mass is 335 g/mol. The van der Waals surface area contributed by atoms with Gasteiger partial charge < -0.3 is 9.84 Å². The van der Waals surface area contributed by atoms with Crippen molar-refractivity contribution in [1.29, 1.82) is 0 Å². The van der Waals surface area contributed by atoms with Gasteiger partial charge in [-0.25, -0.2) is 8.42 Å². The third-order valence-electron chi connectivity index (χ3n) is 2.87. The lowest BCUT2D eigenvalue weighted by Gasteiger charge is -2.15. The lowest BCUT2D eigenvalue weighted by molar-refractivity contribution is -0.139. The van der Waals surface area contributed by atoms with Crippen molar-refractivity contribution in [3.05, 3.63) is 23.2 Å². The Labute approximate surface area is 129 Å². The Hall–Kier alpha value is -1.31. The third-order valence-corrected chi connectivity index (χ3v) is 4.66. The van der Waals surface area contributed by atoms with Crippen molar-refractivity contribution >= 4 is 27.6 Å². The van der Waals surface area contributed by atoms with Gasteiger partial charge in [0.2, 0.25) is 10.0 Å². The fourth-order valence-corrected chi connectivity index (χ4v) is 3.14. The van der Waals surface area contributed by atoms with E-state index in [4.69, 9.17) is 21.4 Å². The van der Waals surface area contributed by atoms with E-state index in [0.29, 0.717) is 6.42 Å². The van der Waals surface area contributed by atoms with E-state index in [1.807, 2.05) is 6.92 Å². The van der Waals surface area contributed by atoms with Crippen LogP contribution in [0, 0.1) is 0 Å². The molecule has 118 valence electrons. The summed E-state index contributed by atoms with van der Waals surface area (Å²) < 4.78 is 31.6. The minimum atomic E-state index is -3.95. The highest BCUT2D eigenvalue weighted by Crippen LogP contribution is 2.27. The second-order valence-corrected chi connectivity index (χ2v) is 6.57. The number of carbonyl (C=O) groups is 1. The smallest absolute Gasteiger partial charge is 0.321 e. The topological polar surface area (TPSA) is 92.7 Å². The molecule has 0 amide bonds. The summed E-state index contributed by atoms with van der Waals surface area (Å²) in [5, 5.41) is 9.36. The molecule has 0 aliphatic rings. The van der Waals surface area contributed by atoms with E-state index >= 15 is 0 Å². The summed E-state index contributed by atoms with van der Waals surface area (Å²) in [6.07, 6.45) is 1.62. The highest BCUT2D eigenvalue weighted by molar-refractivity contribution is 7.89. The Balaban J connectivity index is 3.01. The summed E-state index contributed by atoms with van der Waals surface area (Å²) in [6.45, 7) is 1.90. The van der Waals surface area contributed by atoms with Gasteiger partial charge in [-0.3, -0.25) is 4.79 Å². The molecule has 1 aromatic carbocycles. The predicted octanol–water partition coefficient (Wildman–Crippen LogP) is 2.27. The largest absolute Gasteiger partial charge is 0.495 e. The Kier molecular flexibility index (Phi) is 6.44. The van der Waals surface area contributed by atoms with Crippen LogP contribution in [-0.2, 0) is 14.8 Å². The zero-order valence-corrected chi connectivity index (χ0v) is 13.4. The lowest BCUT2D eigenvalue weighted by Crippen LogP contribution is -2.40. The van der Waals surface area contributed by atoms with Gasteiger partial charge in [-0.15, -0.1) is 0 Å². The first-order chi connectivity index (χ1) is 9.81. The number of halogens is 1. The first-order valence-corrected chi connectivity index (χ1v) is 8.26. The van der Waals surface area contributed by atoms with Crippen molar-refractivity contribution in [1.82, 2.24) is 4.72 Å². The molecule has 21 heavy (non-hydrogen) atoms. The van der Waals surface area contributed by atoms with E-state index in [0.717, 1.165) is 6.42 Å². The number of benzene rings is 1. The van der Waals surface area contributed by atoms with Crippen LogP contribution in [0.25, 0.3) is 0 Å². The predicted molar refractivity (Wildman–Crippen MR) is 79.3 cm³/mol. The maximum Gasteiger partial charge on any atom is 0.321 e. The molecular formula is C13H18ClNO5S. The Morgan fingerprint density at radius 3 is 2.67 bits per heavy atom. The fraction of sp³-hybridized carbons (Fsp3) is 0.462. The van der Waals surface area contributed by atoms with Crippen molar-refractivity contribution in [2.24, 2.45) is 0 Å². The van der Waals surface area contributed by atoms with Crippen LogP contribution >= 0.6 is 11.6 Å². The van der Waals surface area contributed by atoms with Gasteiger partial charge in [0.05, 0.1) is 17.0 Å². The number of hydrogen-bond acceptors (Lipinski definition) is 4. The summed E-state index contributed by atoms with van der Waals surface area (Å²) in [5.41, 5.74) is 0. The minimum absolute atomic E-state index is 0.0912. The minimum Gasteiger partial charge on any atom is -0.495 e. The summed E-state index contributed by atoms with van der Waals surface area (Å²) in [6, 6.07) is 2.78. The number of ether oxygens (including phenoxy) is 1. The normalized spacial score (nSPS) is 12.9. The molecule has 0 fully saturated rings. The Bertz CT molecular complexity index is 603. The number of rotatable bonds is 8. The first-order valence-electron chi connectivity index (χ1n) is 6.40. The summed E-state index contributed by atoms with van der Waals surface area (Å²) >= 11 is 5.84. The van der Waals surface area contributed by atoms with Gasteiger partial charge in [0.25, 0.3) is 0 Å². The molecule has 1 atom stereocenters. The Morgan fingerprint density at radius 1 is 1.48 bits per heavy atom.